The van der Waals surface area contributed by atoms with Crippen LogP contribution in [0.1, 0.15) is 18.2 Å². The maximum absolute atomic E-state index is 8.70. The van der Waals surface area contributed by atoms with Gasteiger partial charge in [-0.3, -0.25) is 0 Å². The summed E-state index contributed by atoms with van der Waals surface area (Å²) in [4.78, 5) is 0. The molecule has 1 rings (SSSR count). The van der Waals surface area contributed by atoms with Gasteiger partial charge in [0, 0.05) is 18.6 Å². The Morgan fingerprint density at radius 1 is 1.64 bits per heavy atom. The fourth-order valence-corrected chi connectivity index (χ4v) is 1.15. The highest BCUT2D eigenvalue weighted by Gasteiger charge is 2.07. The second-order valence-corrected chi connectivity index (χ2v) is 2.65. The van der Waals surface area contributed by atoms with E-state index in [-0.39, 0.29) is 6.61 Å². The Hall–Kier alpha value is -0.830. The Kier molecular flexibility index (Phi) is 2.65. The van der Waals surface area contributed by atoms with Crippen LogP contribution in [0.3, 0.4) is 0 Å². The highest BCUT2D eigenvalue weighted by molar-refractivity contribution is 5.11. The average Bonchev–Trinajstić information content (AvgIpc) is 2.33. The second kappa shape index (κ2) is 3.53. The lowest BCUT2D eigenvalue weighted by molar-refractivity contribution is -0.747. The molecule has 0 fully saturated rings. The third kappa shape index (κ3) is 1.80. The van der Waals surface area contributed by atoms with Crippen LogP contribution < -0.4 is 4.68 Å². The number of nitrogens with zero attached hydrogens (tertiary/aromatic N) is 1. The number of aliphatic hydroxyl groups excluding tert-OH is 1. The normalized spacial score (nSPS) is 10.5. The van der Waals surface area contributed by atoms with E-state index in [1.54, 1.807) is 0 Å². The Morgan fingerprint density at radius 2 is 2.36 bits per heavy atom. The van der Waals surface area contributed by atoms with Crippen molar-refractivity contribution in [2.45, 2.75) is 26.8 Å². The van der Waals surface area contributed by atoms with Crippen LogP contribution in [0, 0.1) is 6.92 Å². The molecule has 0 atom stereocenters. The topological polar surface area (TPSA) is 39.9 Å². The minimum absolute atomic E-state index is 0.225. The predicted octanol–water partition coefficient (Wildman–Crippen LogP) is 0.165. The molecule has 11 heavy (non-hydrogen) atoms. The fourth-order valence-electron chi connectivity index (χ4n) is 1.15. The number of aliphatic hydroxyl groups is 1. The van der Waals surface area contributed by atoms with Crippen molar-refractivity contribution in [2.24, 2.45) is 0 Å². The summed E-state index contributed by atoms with van der Waals surface area (Å²) in [5, 5.41) is 11.9. The Balaban J connectivity index is 2.79. The number of aryl methyl sites for hydroxylation is 2. The van der Waals surface area contributed by atoms with Crippen LogP contribution in [0.15, 0.2) is 6.20 Å². The summed E-state index contributed by atoms with van der Waals surface area (Å²) >= 11 is 0. The molecule has 2 N–H and O–H groups in total. The van der Waals surface area contributed by atoms with Crippen molar-refractivity contribution in [3.05, 3.63) is 17.5 Å². The molecule has 1 aromatic heterocycles. The standard InChI is InChI=1S/C8H14N2O/c1-3-10-6-8(4-5-11)7(2)9-10/h6,11H,3-5H2,1-2H3/p+1. The number of rotatable bonds is 3. The summed E-state index contributed by atoms with van der Waals surface area (Å²) in [7, 11) is 0. The summed E-state index contributed by atoms with van der Waals surface area (Å²) in [5.74, 6) is 0. The first-order valence-electron chi connectivity index (χ1n) is 3.96. The highest BCUT2D eigenvalue weighted by Crippen LogP contribution is 2.01. The quantitative estimate of drug-likeness (QED) is 0.600. The zero-order valence-electron chi connectivity index (χ0n) is 7.09. The maximum atomic E-state index is 8.70. The van der Waals surface area contributed by atoms with Crippen molar-refractivity contribution in [1.29, 1.82) is 0 Å². The number of aromatic nitrogens is 2. The van der Waals surface area contributed by atoms with Gasteiger partial charge in [0.25, 0.3) is 0 Å². The molecular weight excluding hydrogens is 140 g/mol. The van der Waals surface area contributed by atoms with Crippen LogP contribution in [0.2, 0.25) is 0 Å². The molecule has 1 heterocycles. The second-order valence-electron chi connectivity index (χ2n) is 2.65. The molecule has 0 aliphatic rings. The molecule has 0 aromatic carbocycles. The first-order valence-corrected chi connectivity index (χ1v) is 3.96. The lowest BCUT2D eigenvalue weighted by Gasteiger charge is -1.87. The first-order chi connectivity index (χ1) is 5.27. The molecule has 3 nitrogen and oxygen atoms in total. The molecule has 3 heteroatoms. The van der Waals surface area contributed by atoms with Gasteiger partial charge in [-0.05, 0) is 13.8 Å². The Morgan fingerprint density at radius 3 is 2.82 bits per heavy atom. The summed E-state index contributed by atoms with van der Waals surface area (Å²) in [5.41, 5.74) is 2.36. The lowest BCUT2D eigenvalue weighted by atomic mass is 10.2. The van der Waals surface area contributed by atoms with E-state index in [1.807, 2.05) is 17.8 Å². The third-order valence-corrected chi connectivity index (χ3v) is 1.83. The summed E-state index contributed by atoms with van der Waals surface area (Å²) in [6.07, 6.45) is 2.79. The van der Waals surface area contributed by atoms with Gasteiger partial charge < -0.3 is 5.11 Å². The molecule has 0 aliphatic heterocycles. The van der Waals surface area contributed by atoms with Crippen LogP contribution in [0.25, 0.3) is 0 Å². The largest absolute Gasteiger partial charge is 0.396 e. The molecule has 0 saturated carbocycles. The summed E-state index contributed by atoms with van der Waals surface area (Å²) in [6, 6.07) is 0. The smallest absolute Gasteiger partial charge is 0.198 e. The van der Waals surface area contributed by atoms with Gasteiger partial charge in [-0.1, -0.05) is 0 Å². The van der Waals surface area contributed by atoms with Gasteiger partial charge in [0.15, 0.2) is 12.7 Å². The molecule has 0 unspecified atom stereocenters. The van der Waals surface area contributed by atoms with Crippen molar-refractivity contribution in [3.8, 4) is 0 Å². The Bertz CT molecular complexity index is 230. The van der Waals surface area contributed by atoms with E-state index in [0.717, 1.165) is 18.7 Å². The van der Waals surface area contributed by atoms with Gasteiger partial charge in [-0.25, -0.2) is 0 Å². The van der Waals surface area contributed by atoms with Gasteiger partial charge in [-0.15, -0.1) is 4.68 Å². The molecular formula is C8H15N2O+. The molecule has 0 spiro atoms. The monoisotopic (exact) mass is 155 g/mol. The number of H-pyrrole nitrogens is 1. The molecule has 0 radical (unpaired) electrons. The van der Waals surface area contributed by atoms with Crippen LogP contribution in [-0.2, 0) is 13.0 Å². The van der Waals surface area contributed by atoms with Crippen LogP contribution in [0.5, 0.6) is 0 Å². The van der Waals surface area contributed by atoms with Crippen molar-refractivity contribution < 1.29 is 9.79 Å². The van der Waals surface area contributed by atoms with Crippen molar-refractivity contribution in [3.63, 3.8) is 0 Å². The molecule has 0 saturated heterocycles. The van der Waals surface area contributed by atoms with Crippen LogP contribution >= 0.6 is 0 Å². The van der Waals surface area contributed by atoms with E-state index in [4.69, 9.17) is 5.11 Å². The Labute approximate surface area is 66.7 Å². The lowest BCUT2D eigenvalue weighted by Crippen LogP contribution is -2.33. The number of aromatic amines is 1. The van der Waals surface area contributed by atoms with Crippen molar-refractivity contribution in [2.75, 3.05) is 6.61 Å². The SMILES string of the molecule is CC[n+]1cc(CCO)c(C)[nH]1. The van der Waals surface area contributed by atoms with Gasteiger partial charge in [0.2, 0.25) is 0 Å². The average molecular weight is 155 g/mol. The summed E-state index contributed by atoms with van der Waals surface area (Å²) in [6.45, 7) is 5.28. The van der Waals surface area contributed by atoms with E-state index in [9.17, 15) is 0 Å². The minimum Gasteiger partial charge on any atom is -0.396 e. The predicted molar refractivity (Wildman–Crippen MR) is 42.2 cm³/mol. The summed E-state index contributed by atoms with van der Waals surface area (Å²) < 4.78 is 2.01. The third-order valence-electron chi connectivity index (χ3n) is 1.83. The molecule has 1 aromatic rings. The van der Waals surface area contributed by atoms with Crippen molar-refractivity contribution in [1.82, 2.24) is 5.10 Å². The van der Waals surface area contributed by atoms with E-state index in [1.165, 1.54) is 5.56 Å². The molecule has 0 bridgehead atoms. The van der Waals surface area contributed by atoms with E-state index in [0.29, 0.717) is 0 Å². The molecule has 62 valence electrons. The van der Waals surface area contributed by atoms with E-state index in [2.05, 4.69) is 12.0 Å². The zero-order chi connectivity index (χ0) is 8.27. The van der Waals surface area contributed by atoms with Gasteiger partial charge in [-0.2, -0.15) is 5.10 Å². The van der Waals surface area contributed by atoms with Gasteiger partial charge >= 0.3 is 0 Å². The number of hydrogen-bond acceptors (Lipinski definition) is 1. The van der Waals surface area contributed by atoms with Crippen molar-refractivity contribution >= 4 is 0 Å². The van der Waals surface area contributed by atoms with Gasteiger partial charge in [0.05, 0.1) is 5.69 Å². The molecule has 0 amide bonds. The number of hydrogen-bond donors (Lipinski definition) is 2. The maximum Gasteiger partial charge on any atom is 0.198 e. The first kappa shape index (κ1) is 8.27. The number of nitrogens with one attached hydrogen (secondary N) is 1. The van der Waals surface area contributed by atoms with Crippen LogP contribution in [-0.4, -0.2) is 16.8 Å². The van der Waals surface area contributed by atoms with E-state index >= 15 is 0 Å². The van der Waals surface area contributed by atoms with Crippen LogP contribution in [0.4, 0.5) is 0 Å². The van der Waals surface area contributed by atoms with E-state index < -0.39 is 0 Å². The molecule has 0 aliphatic carbocycles. The highest BCUT2D eigenvalue weighted by atomic mass is 16.2. The zero-order valence-corrected chi connectivity index (χ0v) is 7.09. The van der Waals surface area contributed by atoms with Gasteiger partial charge in [0.1, 0.15) is 0 Å². The minimum atomic E-state index is 0.225. The fraction of sp³-hybridized carbons (Fsp3) is 0.625.